The minimum Gasteiger partial charge on any atom is -0.490 e. The SMILES string of the molecule is CCC(Cl)c1cc2c(cc1Br)OCCCO2. The Morgan fingerprint density at radius 3 is 2.56 bits per heavy atom. The average Bonchev–Trinajstić information content (AvgIpc) is 2.51. The van der Waals surface area contributed by atoms with E-state index in [4.69, 9.17) is 21.1 Å². The molecule has 1 unspecified atom stereocenters. The minimum absolute atomic E-state index is 0.00604. The van der Waals surface area contributed by atoms with Crippen LogP contribution in [0.4, 0.5) is 0 Å². The lowest BCUT2D eigenvalue weighted by atomic mass is 10.1. The molecule has 0 spiro atoms. The van der Waals surface area contributed by atoms with Gasteiger partial charge in [-0.3, -0.25) is 0 Å². The van der Waals surface area contributed by atoms with Crippen molar-refractivity contribution in [2.24, 2.45) is 0 Å². The monoisotopic (exact) mass is 304 g/mol. The summed E-state index contributed by atoms with van der Waals surface area (Å²) in [5.41, 5.74) is 1.06. The van der Waals surface area contributed by atoms with Crippen LogP contribution in [0.3, 0.4) is 0 Å². The zero-order chi connectivity index (χ0) is 11.5. The maximum atomic E-state index is 6.25. The third-order valence-corrected chi connectivity index (χ3v) is 3.79. The highest BCUT2D eigenvalue weighted by molar-refractivity contribution is 9.10. The van der Waals surface area contributed by atoms with Crippen LogP contribution in [0.1, 0.15) is 30.7 Å². The largest absolute Gasteiger partial charge is 0.490 e. The van der Waals surface area contributed by atoms with Gasteiger partial charge in [0, 0.05) is 10.9 Å². The van der Waals surface area contributed by atoms with Crippen molar-refractivity contribution in [3.8, 4) is 11.5 Å². The summed E-state index contributed by atoms with van der Waals surface area (Å²) in [5.74, 6) is 1.60. The Morgan fingerprint density at radius 2 is 1.94 bits per heavy atom. The van der Waals surface area contributed by atoms with Gasteiger partial charge in [-0.05, 0) is 24.1 Å². The van der Waals surface area contributed by atoms with Crippen LogP contribution in [-0.4, -0.2) is 13.2 Å². The summed E-state index contributed by atoms with van der Waals surface area (Å²) in [5, 5.41) is 0.00604. The first kappa shape index (κ1) is 12.1. The minimum atomic E-state index is 0.00604. The predicted molar refractivity (Wildman–Crippen MR) is 68.6 cm³/mol. The maximum Gasteiger partial charge on any atom is 0.162 e. The molecule has 2 rings (SSSR count). The summed E-state index contributed by atoms with van der Waals surface area (Å²) in [7, 11) is 0. The fraction of sp³-hybridized carbons (Fsp3) is 0.500. The smallest absolute Gasteiger partial charge is 0.162 e. The first-order chi connectivity index (χ1) is 7.72. The first-order valence-corrected chi connectivity index (χ1v) is 6.68. The molecule has 1 atom stereocenters. The Morgan fingerprint density at radius 1 is 1.31 bits per heavy atom. The summed E-state index contributed by atoms with van der Waals surface area (Å²) >= 11 is 9.78. The summed E-state index contributed by atoms with van der Waals surface area (Å²) in [6, 6.07) is 3.92. The Labute approximate surface area is 109 Å². The summed E-state index contributed by atoms with van der Waals surface area (Å²) in [6.45, 7) is 3.47. The van der Waals surface area contributed by atoms with Crippen LogP contribution >= 0.6 is 27.5 Å². The topological polar surface area (TPSA) is 18.5 Å². The molecule has 1 aromatic rings. The Hall–Kier alpha value is -0.410. The van der Waals surface area contributed by atoms with E-state index in [9.17, 15) is 0 Å². The number of ether oxygens (including phenoxy) is 2. The normalized spacial score (nSPS) is 16.7. The van der Waals surface area contributed by atoms with Gasteiger partial charge in [-0.15, -0.1) is 11.6 Å². The molecule has 2 nitrogen and oxygen atoms in total. The number of alkyl halides is 1. The lowest BCUT2D eigenvalue weighted by molar-refractivity contribution is 0.297. The molecule has 0 aliphatic carbocycles. The number of hydrogen-bond donors (Lipinski definition) is 0. The predicted octanol–water partition coefficient (Wildman–Crippen LogP) is 4.30. The molecule has 16 heavy (non-hydrogen) atoms. The van der Waals surface area contributed by atoms with E-state index >= 15 is 0 Å². The van der Waals surface area contributed by atoms with Crippen molar-refractivity contribution >= 4 is 27.5 Å². The Balaban J connectivity index is 2.38. The molecular weight excluding hydrogens is 291 g/mol. The molecule has 0 N–H and O–H groups in total. The summed E-state index contributed by atoms with van der Waals surface area (Å²) < 4.78 is 12.2. The van der Waals surface area contributed by atoms with Crippen LogP contribution in [0.5, 0.6) is 11.5 Å². The average molecular weight is 306 g/mol. The van der Waals surface area contributed by atoms with E-state index in [-0.39, 0.29) is 5.38 Å². The van der Waals surface area contributed by atoms with Crippen molar-refractivity contribution in [1.29, 1.82) is 0 Å². The van der Waals surface area contributed by atoms with E-state index < -0.39 is 0 Å². The van der Waals surface area contributed by atoms with E-state index in [1.165, 1.54) is 0 Å². The van der Waals surface area contributed by atoms with Crippen molar-refractivity contribution in [2.45, 2.75) is 25.1 Å². The Bertz CT molecular complexity index is 382. The highest BCUT2D eigenvalue weighted by atomic mass is 79.9. The molecule has 1 aliphatic heterocycles. The van der Waals surface area contributed by atoms with E-state index in [1.807, 2.05) is 12.1 Å². The van der Waals surface area contributed by atoms with Gasteiger partial charge in [-0.2, -0.15) is 0 Å². The van der Waals surface area contributed by atoms with Crippen molar-refractivity contribution in [3.63, 3.8) is 0 Å². The van der Waals surface area contributed by atoms with Gasteiger partial charge in [0.1, 0.15) is 0 Å². The fourth-order valence-corrected chi connectivity index (χ4v) is 2.57. The first-order valence-electron chi connectivity index (χ1n) is 5.45. The third kappa shape index (κ3) is 2.46. The zero-order valence-corrected chi connectivity index (χ0v) is 11.5. The second kappa shape index (κ2) is 5.28. The highest BCUT2D eigenvalue weighted by Gasteiger charge is 2.17. The highest BCUT2D eigenvalue weighted by Crippen LogP contribution is 2.40. The van der Waals surface area contributed by atoms with Crippen LogP contribution in [0.2, 0.25) is 0 Å². The molecule has 4 heteroatoms. The second-order valence-corrected chi connectivity index (χ2v) is 5.13. The number of halogens is 2. The van der Waals surface area contributed by atoms with Gasteiger partial charge >= 0.3 is 0 Å². The molecule has 0 amide bonds. The van der Waals surface area contributed by atoms with Crippen molar-refractivity contribution in [2.75, 3.05) is 13.2 Å². The molecule has 1 aliphatic rings. The van der Waals surface area contributed by atoms with Gasteiger partial charge in [0.15, 0.2) is 11.5 Å². The van der Waals surface area contributed by atoms with Gasteiger partial charge in [0.2, 0.25) is 0 Å². The van der Waals surface area contributed by atoms with Crippen molar-refractivity contribution < 1.29 is 9.47 Å². The van der Waals surface area contributed by atoms with Crippen LogP contribution in [0.15, 0.2) is 16.6 Å². The van der Waals surface area contributed by atoms with Crippen LogP contribution in [0.25, 0.3) is 0 Å². The number of rotatable bonds is 2. The van der Waals surface area contributed by atoms with Crippen molar-refractivity contribution in [1.82, 2.24) is 0 Å². The van der Waals surface area contributed by atoms with Gasteiger partial charge in [0.25, 0.3) is 0 Å². The van der Waals surface area contributed by atoms with Crippen LogP contribution in [0, 0.1) is 0 Å². The van der Waals surface area contributed by atoms with Gasteiger partial charge in [-0.25, -0.2) is 0 Å². The van der Waals surface area contributed by atoms with Crippen molar-refractivity contribution in [3.05, 3.63) is 22.2 Å². The molecule has 0 bridgehead atoms. The maximum absolute atomic E-state index is 6.25. The zero-order valence-electron chi connectivity index (χ0n) is 9.13. The standard InChI is InChI=1S/C12H14BrClO2/c1-2-10(14)8-6-11-12(7-9(8)13)16-5-3-4-15-11/h6-7,10H,2-5H2,1H3. The van der Waals surface area contributed by atoms with Gasteiger partial charge in [0.05, 0.1) is 18.6 Å². The molecule has 0 aromatic heterocycles. The lowest BCUT2D eigenvalue weighted by Crippen LogP contribution is -1.97. The lowest BCUT2D eigenvalue weighted by Gasteiger charge is -2.14. The molecule has 0 fully saturated rings. The quantitative estimate of drug-likeness (QED) is 0.758. The molecule has 1 aromatic carbocycles. The van der Waals surface area contributed by atoms with Crippen LogP contribution in [-0.2, 0) is 0 Å². The Kier molecular flexibility index (Phi) is 3.98. The number of fused-ring (bicyclic) bond motifs is 1. The number of hydrogen-bond acceptors (Lipinski definition) is 2. The molecular formula is C12H14BrClO2. The molecule has 0 saturated carbocycles. The number of benzene rings is 1. The van der Waals surface area contributed by atoms with Gasteiger partial charge < -0.3 is 9.47 Å². The van der Waals surface area contributed by atoms with Crippen LogP contribution < -0.4 is 9.47 Å². The van der Waals surface area contributed by atoms with E-state index in [0.717, 1.165) is 34.4 Å². The molecule has 0 radical (unpaired) electrons. The third-order valence-electron chi connectivity index (χ3n) is 2.56. The molecule has 88 valence electrons. The second-order valence-electron chi connectivity index (χ2n) is 3.75. The van der Waals surface area contributed by atoms with E-state index in [1.54, 1.807) is 0 Å². The van der Waals surface area contributed by atoms with Gasteiger partial charge in [-0.1, -0.05) is 22.9 Å². The molecule has 0 saturated heterocycles. The fourth-order valence-electron chi connectivity index (χ4n) is 1.66. The van der Waals surface area contributed by atoms with E-state index in [2.05, 4.69) is 22.9 Å². The summed E-state index contributed by atoms with van der Waals surface area (Å²) in [6.07, 6.45) is 1.81. The molecule has 1 heterocycles. The van der Waals surface area contributed by atoms with E-state index in [0.29, 0.717) is 13.2 Å². The summed E-state index contributed by atoms with van der Waals surface area (Å²) in [4.78, 5) is 0.